The number of alkyl halides is 3. The molecule has 2 nitrogen and oxygen atoms in total. The molecule has 0 saturated heterocycles. The number of nitrogens with zero attached hydrogens (tertiary/aromatic N) is 1. The minimum Gasteiger partial charge on any atom is -0.355 e. The van der Waals surface area contributed by atoms with Gasteiger partial charge in [-0.15, -0.1) is 0 Å². The van der Waals surface area contributed by atoms with Crippen molar-refractivity contribution in [3.63, 3.8) is 0 Å². The molecule has 0 aromatic heterocycles. The molecule has 100 valence electrons. The predicted octanol–water partition coefficient (Wildman–Crippen LogP) is 4.49. The number of benzene rings is 1. The number of halogens is 3. The quantitative estimate of drug-likeness (QED) is 0.646. The van der Waals surface area contributed by atoms with Gasteiger partial charge in [0.15, 0.2) is 0 Å². The zero-order valence-electron chi connectivity index (χ0n) is 10.6. The highest BCUT2D eigenvalue weighted by atomic mass is 19.4. The summed E-state index contributed by atoms with van der Waals surface area (Å²) in [4.78, 5) is 0. The number of nitriles is 1. The van der Waals surface area contributed by atoms with Crippen LogP contribution in [0.2, 0.25) is 0 Å². The van der Waals surface area contributed by atoms with Crippen molar-refractivity contribution in [3.8, 4) is 6.07 Å². The molecule has 0 aliphatic rings. The zero-order valence-corrected chi connectivity index (χ0v) is 10.6. The summed E-state index contributed by atoms with van der Waals surface area (Å²) in [6.45, 7) is 7.22. The summed E-state index contributed by atoms with van der Waals surface area (Å²) in [7, 11) is 0. The molecule has 0 saturated carbocycles. The van der Waals surface area contributed by atoms with Crippen LogP contribution in [0.5, 0.6) is 0 Å². The van der Waals surface area contributed by atoms with Gasteiger partial charge in [0.05, 0.1) is 11.1 Å². The summed E-state index contributed by atoms with van der Waals surface area (Å²) >= 11 is 0. The average Bonchev–Trinajstić information content (AvgIpc) is 2.28. The van der Waals surface area contributed by atoms with E-state index in [1.807, 2.05) is 6.07 Å². The van der Waals surface area contributed by atoms with Crippen LogP contribution in [0, 0.1) is 11.3 Å². The molecular formula is C14H13F3N2. The van der Waals surface area contributed by atoms with E-state index in [0.717, 1.165) is 17.7 Å². The van der Waals surface area contributed by atoms with Gasteiger partial charge in [-0.25, -0.2) is 0 Å². The molecule has 0 bridgehead atoms. The van der Waals surface area contributed by atoms with Crippen LogP contribution < -0.4 is 5.32 Å². The number of hydrogen-bond donors (Lipinski definition) is 1. The standard InChI is InChI=1S/C14H13F3N2/c1-9(2)13(8-18)10(3)19-12-6-4-11(5-7-12)14(15,16)17/h4-7,19H,3H2,1-2H3. The summed E-state index contributed by atoms with van der Waals surface area (Å²) in [6, 6.07) is 6.55. The van der Waals surface area contributed by atoms with E-state index in [1.165, 1.54) is 12.1 Å². The highest BCUT2D eigenvalue weighted by molar-refractivity contribution is 5.57. The Morgan fingerprint density at radius 3 is 2.11 bits per heavy atom. The van der Waals surface area contributed by atoms with E-state index in [-0.39, 0.29) is 0 Å². The summed E-state index contributed by atoms with van der Waals surface area (Å²) in [6.07, 6.45) is -4.35. The lowest BCUT2D eigenvalue weighted by Gasteiger charge is -2.11. The molecule has 0 atom stereocenters. The van der Waals surface area contributed by atoms with Gasteiger partial charge < -0.3 is 5.32 Å². The second-order valence-corrected chi connectivity index (χ2v) is 4.17. The van der Waals surface area contributed by atoms with Gasteiger partial charge in [-0.2, -0.15) is 18.4 Å². The summed E-state index contributed by atoms with van der Waals surface area (Å²) in [5.74, 6) is 0. The Morgan fingerprint density at radius 2 is 1.74 bits per heavy atom. The molecule has 5 heteroatoms. The third-order valence-corrected chi connectivity index (χ3v) is 2.42. The topological polar surface area (TPSA) is 35.8 Å². The third-order valence-electron chi connectivity index (χ3n) is 2.42. The normalized spacial score (nSPS) is 10.5. The van der Waals surface area contributed by atoms with Gasteiger partial charge in [-0.1, -0.05) is 12.2 Å². The molecule has 0 aliphatic carbocycles. The van der Waals surface area contributed by atoms with Crippen LogP contribution in [0.3, 0.4) is 0 Å². The second kappa shape index (κ2) is 5.61. The molecule has 0 aliphatic heterocycles. The SMILES string of the molecule is C=C(Nc1ccc(C(F)(F)F)cc1)C(C#N)=C(C)C. The number of anilines is 1. The molecule has 1 N–H and O–H groups in total. The number of nitrogens with one attached hydrogen (secondary N) is 1. The first-order chi connectivity index (χ1) is 8.75. The van der Waals surface area contributed by atoms with Crippen molar-refractivity contribution in [3.05, 3.63) is 53.3 Å². The highest BCUT2D eigenvalue weighted by Crippen LogP contribution is 2.30. The van der Waals surface area contributed by atoms with Crippen molar-refractivity contribution < 1.29 is 13.2 Å². The summed E-state index contributed by atoms with van der Waals surface area (Å²) in [5, 5.41) is 11.7. The Bertz CT molecular complexity index is 542. The Labute approximate surface area is 109 Å². The maximum Gasteiger partial charge on any atom is 0.416 e. The fourth-order valence-corrected chi connectivity index (χ4v) is 1.46. The summed E-state index contributed by atoms with van der Waals surface area (Å²) in [5.41, 5.74) is 1.27. The minimum atomic E-state index is -4.35. The van der Waals surface area contributed by atoms with Gasteiger partial charge >= 0.3 is 6.18 Å². The predicted molar refractivity (Wildman–Crippen MR) is 68.2 cm³/mol. The fourth-order valence-electron chi connectivity index (χ4n) is 1.46. The van der Waals surface area contributed by atoms with Crippen molar-refractivity contribution in [2.24, 2.45) is 0 Å². The van der Waals surface area contributed by atoms with Gasteiger partial charge in [0.2, 0.25) is 0 Å². The van der Waals surface area contributed by atoms with Crippen molar-refractivity contribution in [1.82, 2.24) is 0 Å². The maximum atomic E-state index is 12.4. The number of allylic oxidation sites excluding steroid dienone is 2. The molecule has 1 aromatic rings. The number of rotatable bonds is 3. The molecule has 0 spiro atoms. The smallest absolute Gasteiger partial charge is 0.355 e. The molecule has 0 radical (unpaired) electrons. The van der Waals surface area contributed by atoms with Crippen molar-refractivity contribution in [2.75, 3.05) is 5.32 Å². The maximum absolute atomic E-state index is 12.4. The fraction of sp³-hybridized carbons (Fsp3) is 0.214. The van der Waals surface area contributed by atoms with Crippen molar-refractivity contribution in [1.29, 1.82) is 5.26 Å². The molecule has 0 amide bonds. The molecule has 1 rings (SSSR count). The van der Waals surface area contributed by atoms with Crippen LogP contribution in [-0.4, -0.2) is 0 Å². The van der Waals surface area contributed by atoms with Gasteiger partial charge in [-0.05, 0) is 38.1 Å². The second-order valence-electron chi connectivity index (χ2n) is 4.17. The lowest BCUT2D eigenvalue weighted by molar-refractivity contribution is -0.137. The van der Waals surface area contributed by atoms with Crippen LogP contribution in [0.1, 0.15) is 19.4 Å². The molecule has 0 fully saturated rings. The first-order valence-corrected chi connectivity index (χ1v) is 5.47. The van der Waals surface area contributed by atoms with Crippen LogP contribution in [-0.2, 0) is 6.18 Å². The van der Waals surface area contributed by atoms with Gasteiger partial charge in [0.1, 0.15) is 6.07 Å². The first-order valence-electron chi connectivity index (χ1n) is 5.47. The first kappa shape index (κ1) is 14.8. The highest BCUT2D eigenvalue weighted by Gasteiger charge is 2.29. The Kier molecular flexibility index (Phi) is 4.38. The molecular weight excluding hydrogens is 253 g/mol. The van der Waals surface area contributed by atoms with E-state index < -0.39 is 11.7 Å². The minimum absolute atomic E-state index is 0.363. The van der Waals surface area contributed by atoms with Gasteiger partial charge in [-0.3, -0.25) is 0 Å². The van der Waals surface area contributed by atoms with E-state index in [0.29, 0.717) is 17.0 Å². The molecule has 0 unspecified atom stereocenters. The van der Waals surface area contributed by atoms with E-state index in [4.69, 9.17) is 5.26 Å². The lowest BCUT2D eigenvalue weighted by atomic mass is 10.1. The van der Waals surface area contributed by atoms with Gasteiger partial charge in [0, 0.05) is 11.4 Å². The zero-order chi connectivity index (χ0) is 14.6. The van der Waals surface area contributed by atoms with Crippen molar-refractivity contribution in [2.45, 2.75) is 20.0 Å². The van der Waals surface area contributed by atoms with E-state index >= 15 is 0 Å². The van der Waals surface area contributed by atoms with Crippen LogP contribution >= 0.6 is 0 Å². The Balaban J connectivity index is 2.89. The summed E-state index contributed by atoms with van der Waals surface area (Å²) < 4.78 is 37.1. The van der Waals surface area contributed by atoms with Crippen LogP contribution in [0.4, 0.5) is 18.9 Å². The monoisotopic (exact) mass is 266 g/mol. The lowest BCUT2D eigenvalue weighted by Crippen LogP contribution is -2.05. The number of hydrogen-bond acceptors (Lipinski definition) is 2. The van der Waals surface area contributed by atoms with E-state index in [1.54, 1.807) is 13.8 Å². The van der Waals surface area contributed by atoms with Crippen molar-refractivity contribution >= 4 is 5.69 Å². The van der Waals surface area contributed by atoms with Crippen LogP contribution in [0.25, 0.3) is 0 Å². The van der Waals surface area contributed by atoms with Crippen LogP contribution in [0.15, 0.2) is 47.7 Å². The van der Waals surface area contributed by atoms with E-state index in [9.17, 15) is 13.2 Å². The van der Waals surface area contributed by atoms with Gasteiger partial charge in [0.25, 0.3) is 0 Å². The Hall–Kier alpha value is -2.22. The van der Waals surface area contributed by atoms with E-state index in [2.05, 4.69) is 11.9 Å². The third kappa shape index (κ3) is 3.88. The molecule has 19 heavy (non-hydrogen) atoms. The Morgan fingerprint density at radius 1 is 1.21 bits per heavy atom. The average molecular weight is 266 g/mol. The molecule has 0 heterocycles. The largest absolute Gasteiger partial charge is 0.416 e. The molecule has 1 aromatic carbocycles.